The molecule has 0 saturated carbocycles. The molecule has 0 aliphatic rings. The van der Waals surface area contributed by atoms with Gasteiger partial charge in [-0.05, 0) is 0 Å². The van der Waals surface area contributed by atoms with Crippen LogP contribution in [0.25, 0.3) is 0 Å². The maximum atomic E-state index is 8.35. The third-order valence-corrected chi connectivity index (χ3v) is 0. The molecule has 0 heterocycles. The average molecular weight is 109 g/mol. The van der Waals surface area contributed by atoms with Gasteiger partial charge in [-0.1, -0.05) is 0 Å². The van der Waals surface area contributed by atoms with Gasteiger partial charge in [0.15, 0.2) is 0 Å². The van der Waals surface area contributed by atoms with Crippen LogP contribution in [0.5, 0.6) is 0 Å². The summed E-state index contributed by atoms with van der Waals surface area (Å²) in [5.41, 5.74) is 0. The average Bonchev–Trinajstić information content (AvgIpc) is 0.918. The molecule has 0 aromatic rings. The molecule has 0 aliphatic heterocycles. The van der Waals surface area contributed by atoms with E-state index in [4.69, 9.17) is 9.32 Å². The monoisotopic (exact) mass is 108 g/mol. The Bertz CT molecular complexity index is 6.00. The first-order chi connectivity index (χ1) is 1.41. The Balaban J connectivity index is 0. The largest absolute Gasteiger partial charge is 0.506 e. The molecule has 0 atom stereocenters. The third kappa shape index (κ3) is 9.80. The number of halogens is 1. The SMILES string of the molecule is [Ca].[O-][Cl+]O. The Morgan fingerprint density at radius 2 is 1.75 bits per heavy atom. The fourth-order valence-corrected chi connectivity index (χ4v) is 0. The second-order valence-corrected chi connectivity index (χ2v) is 0.207. The molecule has 0 fully saturated rings. The number of hydrogen-bond donors (Lipinski definition) is 1. The van der Waals surface area contributed by atoms with Crippen LogP contribution >= 0.6 is 0 Å². The van der Waals surface area contributed by atoms with Crippen molar-refractivity contribution in [3.8, 4) is 0 Å². The first kappa shape index (κ1) is 9.08. The van der Waals surface area contributed by atoms with Crippen LogP contribution < -0.4 is 4.66 Å². The van der Waals surface area contributed by atoms with Crippen LogP contribution in [0.1, 0.15) is 0 Å². The topological polar surface area (TPSA) is 43.3 Å². The molecule has 0 saturated heterocycles. The van der Waals surface area contributed by atoms with Crippen LogP contribution in [-0.4, -0.2) is 42.4 Å². The first-order valence-corrected chi connectivity index (χ1v) is 0.970. The molecule has 22 valence electrons. The van der Waals surface area contributed by atoms with Gasteiger partial charge in [0.1, 0.15) is 0 Å². The molecular weight excluding hydrogens is 108 g/mol. The fourth-order valence-electron chi connectivity index (χ4n) is 0. The van der Waals surface area contributed by atoms with Crippen molar-refractivity contribution in [1.29, 1.82) is 0 Å². The van der Waals surface area contributed by atoms with Crippen LogP contribution in [0.2, 0.25) is 0 Å². The standard InChI is InChI=1S/Ca.ClHO2/c;2-1-3/h;2H. The van der Waals surface area contributed by atoms with Crippen molar-refractivity contribution in [2.75, 3.05) is 0 Å². The summed E-state index contributed by atoms with van der Waals surface area (Å²) in [5.74, 6) is 0. The summed E-state index contributed by atoms with van der Waals surface area (Å²) >= 11 is -0.167. The molecule has 4 heavy (non-hydrogen) atoms. The maximum absolute atomic E-state index is 8.35. The van der Waals surface area contributed by atoms with E-state index in [1.165, 1.54) is 0 Å². The molecule has 2 radical (unpaired) electrons. The van der Waals surface area contributed by atoms with Crippen LogP contribution in [0.3, 0.4) is 0 Å². The Kier molecular flexibility index (Phi) is 20.0. The van der Waals surface area contributed by atoms with E-state index in [-0.39, 0.29) is 49.1 Å². The molecule has 0 aromatic heterocycles. The molecule has 0 unspecified atom stereocenters. The van der Waals surface area contributed by atoms with Crippen LogP contribution in [0.4, 0.5) is 0 Å². The van der Waals surface area contributed by atoms with E-state index >= 15 is 0 Å². The van der Waals surface area contributed by atoms with Gasteiger partial charge < -0.3 is 4.66 Å². The van der Waals surface area contributed by atoms with E-state index in [2.05, 4.69) is 0 Å². The van der Waals surface area contributed by atoms with E-state index < -0.39 is 0 Å². The summed E-state index contributed by atoms with van der Waals surface area (Å²) in [5, 5.41) is 0. The van der Waals surface area contributed by atoms with E-state index in [0.29, 0.717) is 0 Å². The summed E-state index contributed by atoms with van der Waals surface area (Å²) < 4.78 is 15.2. The molecule has 0 spiro atoms. The second-order valence-electron chi connectivity index (χ2n) is 0.0690. The van der Waals surface area contributed by atoms with Crippen molar-refractivity contribution in [2.45, 2.75) is 0 Å². The molecule has 0 rings (SSSR count). The summed E-state index contributed by atoms with van der Waals surface area (Å²) in [6, 6.07) is 0. The molecule has 1 N–H and O–H groups in total. The molecule has 0 amide bonds. The minimum Gasteiger partial charge on any atom is -0.506 e. The normalized spacial score (nSPS) is 4.50. The Labute approximate surface area is 57.9 Å². The van der Waals surface area contributed by atoms with Gasteiger partial charge in [0.2, 0.25) is 0 Å². The quantitative estimate of drug-likeness (QED) is 0.361. The van der Waals surface area contributed by atoms with Gasteiger partial charge in [-0.15, -0.1) is 4.66 Å². The van der Waals surface area contributed by atoms with Crippen molar-refractivity contribution in [3.63, 3.8) is 0 Å². The van der Waals surface area contributed by atoms with E-state index in [0.717, 1.165) is 0 Å². The summed E-state index contributed by atoms with van der Waals surface area (Å²) in [7, 11) is 0. The van der Waals surface area contributed by atoms with Crippen molar-refractivity contribution in [1.82, 2.24) is 0 Å². The molecule has 0 aromatic carbocycles. The van der Waals surface area contributed by atoms with Crippen molar-refractivity contribution in [3.05, 3.63) is 0 Å². The fraction of sp³-hybridized carbons (Fsp3) is 0. The van der Waals surface area contributed by atoms with Gasteiger partial charge in [-0.3, -0.25) is 0 Å². The minimum atomic E-state index is -0.167. The minimum absolute atomic E-state index is 0. The van der Waals surface area contributed by atoms with Crippen molar-refractivity contribution in [2.24, 2.45) is 0 Å². The van der Waals surface area contributed by atoms with Crippen LogP contribution in [-0.2, 0) is 0 Å². The van der Waals surface area contributed by atoms with E-state index in [9.17, 15) is 0 Å². The summed E-state index contributed by atoms with van der Waals surface area (Å²) in [6.07, 6.45) is 0. The zero-order valence-corrected chi connectivity index (χ0v) is 4.90. The van der Waals surface area contributed by atoms with Gasteiger partial charge in [0, 0.05) is 37.7 Å². The first-order valence-electron chi connectivity index (χ1n) is 0.323. The zero-order valence-electron chi connectivity index (χ0n) is 1.94. The molecular formula is HCaClO2. The van der Waals surface area contributed by atoms with Crippen LogP contribution in [0, 0.1) is 11.3 Å². The third-order valence-electron chi connectivity index (χ3n) is 0. The van der Waals surface area contributed by atoms with Crippen LogP contribution in [0.15, 0.2) is 0 Å². The predicted molar refractivity (Wildman–Crippen MR) is 7.97 cm³/mol. The molecule has 4 heteroatoms. The molecule has 0 aliphatic carbocycles. The Morgan fingerprint density at radius 1 is 1.75 bits per heavy atom. The van der Waals surface area contributed by atoms with Gasteiger partial charge in [0.05, 0.1) is 0 Å². The number of rotatable bonds is 0. The van der Waals surface area contributed by atoms with E-state index in [1.807, 2.05) is 0 Å². The Morgan fingerprint density at radius 3 is 1.75 bits per heavy atom. The van der Waals surface area contributed by atoms with Crippen molar-refractivity contribution < 1.29 is 20.6 Å². The predicted octanol–water partition coefficient (Wildman–Crippen LogP) is -2.13. The molecule has 2 nitrogen and oxygen atoms in total. The maximum Gasteiger partial charge on any atom is 0.327 e. The zero-order chi connectivity index (χ0) is 2.71. The smallest absolute Gasteiger partial charge is 0.327 e. The van der Waals surface area contributed by atoms with Gasteiger partial charge in [-0.2, -0.15) is 0 Å². The summed E-state index contributed by atoms with van der Waals surface area (Å²) in [4.78, 5) is 0. The number of hydrogen-bond acceptors (Lipinski definition) is 2. The van der Waals surface area contributed by atoms with Gasteiger partial charge >= 0.3 is 11.3 Å². The van der Waals surface area contributed by atoms with E-state index in [1.54, 1.807) is 0 Å². The second kappa shape index (κ2) is 8.82. The Hall–Kier alpha value is 1.47. The van der Waals surface area contributed by atoms with Gasteiger partial charge in [-0.25, -0.2) is 0 Å². The summed E-state index contributed by atoms with van der Waals surface area (Å²) in [6.45, 7) is 0. The van der Waals surface area contributed by atoms with Crippen molar-refractivity contribution >= 4 is 37.7 Å². The molecule has 0 bridgehead atoms. The van der Waals surface area contributed by atoms with Gasteiger partial charge in [0.25, 0.3) is 0 Å².